The molecule has 0 unspecified atom stereocenters. The van der Waals surface area contributed by atoms with E-state index in [-0.39, 0.29) is 41.4 Å². The smallest absolute Gasteiger partial charge is 0.408 e. The number of halogens is 1. The lowest BCUT2D eigenvalue weighted by atomic mass is 9.88. The first-order chi connectivity index (χ1) is 27.3. The molecular formula is C42H66FN5O9S. The van der Waals surface area contributed by atoms with Crippen LogP contribution in [0.3, 0.4) is 0 Å². The maximum atomic E-state index is 14.8. The number of ether oxygens (including phenoxy) is 3. The summed E-state index contributed by atoms with van der Waals surface area (Å²) in [5, 5.41) is 6.53. The van der Waals surface area contributed by atoms with Gasteiger partial charge in [0.05, 0.1) is 24.6 Å². The zero-order valence-electron chi connectivity index (χ0n) is 35.1. The number of fused-ring (bicyclic) bond motifs is 3. The van der Waals surface area contributed by atoms with Crippen molar-refractivity contribution in [2.24, 2.45) is 17.8 Å². The molecule has 7 atom stereocenters. The molecule has 58 heavy (non-hydrogen) atoms. The molecule has 1 saturated heterocycles. The average molecular weight is 836 g/mol. The fraction of sp³-hybridized carbons (Fsp3) is 0.643. The second kappa shape index (κ2) is 17.4. The van der Waals surface area contributed by atoms with Crippen molar-refractivity contribution in [3.63, 3.8) is 0 Å². The number of carbonyl (C=O) groups excluding carboxylic acids is 4. The molecule has 2 aromatic rings. The SMILES string of the molecule is CC.CCC1(S(=O)(=O)NC(=O)[C@@]23C[C@H]2/C=C\CC[C@@H](C)C[C@@H](C)[C@H](NC(=O)OC(C)(C)C)C(=O)N2C[C@H](Oc4ncc(OC)c5cc(F)ccc45)C[C@H]2C(=O)N3)CC1.[HH].[HH].[HH]. The first-order valence-electron chi connectivity index (χ1n) is 20.5. The van der Waals surface area contributed by atoms with E-state index in [2.05, 4.69) is 27.3 Å². The predicted molar refractivity (Wildman–Crippen MR) is 223 cm³/mol. The first kappa shape index (κ1) is 44.6. The fourth-order valence-corrected chi connectivity index (χ4v) is 9.76. The second-order valence-corrected chi connectivity index (χ2v) is 19.1. The van der Waals surface area contributed by atoms with E-state index in [4.69, 9.17) is 14.2 Å². The van der Waals surface area contributed by atoms with Crippen LogP contribution in [-0.4, -0.2) is 89.8 Å². The van der Waals surface area contributed by atoms with Crippen molar-refractivity contribution in [1.82, 2.24) is 25.2 Å². The van der Waals surface area contributed by atoms with Gasteiger partial charge in [0.15, 0.2) is 0 Å². The Morgan fingerprint density at radius 2 is 1.83 bits per heavy atom. The topological polar surface area (TPSA) is 182 Å². The Kier molecular flexibility index (Phi) is 13.4. The quantitative estimate of drug-likeness (QED) is 0.243. The monoisotopic (exact) mass is 835 g/mol. The highest BCUT2D eigenvalue weighted by molar-refractivity contribution is 7.91. The highest BCUT2D eigenvalue weighted by Crippen LogP contribution is 2.49. The van der Waals surface area contributed by atoms with Crippen LogP contribution in [0.25, 0.3) is 10.8 Å². The molecule has 2 aliphatic heterocycles. The summed E-state index contributed by atoms with van der Waals surface area (Å²) in [5.74, 6) is -2.81. The lowest BCUT2D eigenvalue weighted by Crippen LogP contribution is -2.59. The number of alkyl carbamates (subject to hydrolysis) is 1. The number of pyridine rings is 1. The van der Waals surface area contributed by atoms with Gasteiger partial charge in [0.2, 0.25) is 27.7 Å². The van der Waals surface area contributed by atoms with Gasteiger partial charge < -0.3 is 29.7 Å². The average Bonchev–Trinajstić information content (AvgIpc) is 4.06. The van der Waals surface area contributed by atoms with Crippen LogP contribution in [0, 0.1) is 23.6 Å². The predicted octanol–water partition coefficient (Wildman–Crippen LogP) is 6.66. The van der Waals surface area contributed by atoms with Crippen LogP contribution < -0.4 is 24.8 Å². The molecule has 2 saturated carbocycles. The lowest BCUT2D eigenvalue weighted by molar-refractivity contribution is -0.142. The Labute approximate surface area is 345 Å². The van der Waals surface area contributed by atoms with E-state index in [1.807, 2.05) is 32.9 Å². The molecule has 3 N–H and O–H groups in total. The molecular weight excluding hydrogens is 770 g/mol. The molecule has 0 bridgehead atoms. The molecule has 3 fully saturated rings. The van der Waals surface area contributed by atoms with Gasteiger partial charge in [-0.1, -0.05) is 46.8 Å². The van der Waals surface area contributed by atoms with Crippen molar-refractivity contribution in [1.29, 1.82) is 0 Å². The molecule has 1 aromatic carbocycles. The first-order valence-corrected chi connectivity index (χ1v) is 21.9. The molecule has 3 heterocycles. The number of sulfonamides is 1. The van der Waals surface area contributed by atoms with Crippen molar-refractivity contribution in [3.05, 3.63) is 42.4 Å². The van der Waals surface area contributed by atoms with Crippen molar-refractivity contribution < 1.29 is 50.5 Å². The van der Waals surface area contributed by atoms with Crippen LogP contribution in [0.4, 0.5) is 9.18 Å². The van der Waals surface area contributed by atoms with E-state index < -0.39 is 79.6 Å². The Balaban J connectivity index is 0.00000252. The van der Waals surface area contributed by atoms with E-state index in [1.165, 1.54) is 36.4 Å². The summed E-state index contributed by atoms with van der Waals surface area (Å²) in [6, 6.07) is 1.78. The van der Waals surface area contributed by atoms with Gasteiger partial charge in [-0.2, -0.15) is 0 Å². The van der Waals surface area contributed by atoms with E-state index in [0.29, 0.717) is 48.6 Å². The molecule has 16 heteroatoms. The fourth-order valence-electron chi connectivity index (χ4n) is 8.10. The number of hydrogen-bond donors (Lipinski definition) is 3. The van der Waals surface area contributed by atoms with Crippen LogP contribution in [0.5, 0.6) is 11.6 Å². The number of amides is 4. The number of allylic oxidation sites excluding steroid dienone is 1. The third-order valence-electron chi connectivity index (χ3n) is 11.6. The van der Waals surface area contributed by atoms with E-state index >= 15 is 0 Å². The summed E-state index contributed by atoms with van der Waals surface area (Å²) in [7, 11) is -2.60. The van der Waals surface area contributed by atoms with Crippen molar-refractivity contribution in [2.45, 2.75) is 141 Å². The lowest BCUT2D eigenvalue weighted by Gasteiger charge is -2.33. The van der Waals surface area contributed by atoms with Crippen LogP contribution in [0.1, 0.15) is 111 Å². The molecule has 1 aromatic heterocycles. The molecule has 0 radical (unpaired) electrons. The summed E-state index contributed by atoms with van der Waals surface area (Å²) >= 11 is 0. The van der Waals surface area contributed by atoms with Gasteiger partial charge in [-0.15, -0.1) is 0 Å². The Morgan fingerprint density at radius 1 is 1.12 bits per heavy atom. The molecule has 0 spiro atoms. The Hall–Kier alpha value is -4.47. The summed E-state index contributed by atoms with van der Waals surface area (Å²) < 4.78 is 59.7. The van der Waals surface area contributed by atoms with Gasteiger partial charge >= 0.3 is 6.09 Å². The number of methoxy groups -OCH3 is 1. The Morgan fingerprint density at radius 3 is 2.47 bits per heavy atom. The van der Waals surface area contributed by atoms with Gasteiger partial charge in [-0.25, -0.2) is 22.6 Å². The molecule has 4 amide bonds. The number of rotatable bonds is 8. The van der Waals surface area contributed by atoms with Crippen molar-refractivity contribution >= 4 is 44.6 Å². The molecule has 6 rings (SSSR count). The van der Waals surface area contributed by atoms with Crippen molar-refractivity contribution in [2.75, 3.05) is 13.7 Å². The Bertz CT molecular complexity index is 2030. The minimum Gasteiger partial charge on any atom is -0.494 e. The maximum Gasteiger partial charge on any atom is 0.408 e. The number of benzene rings is 1. The van der Waals surface area contributed by atoms with Gasteiger partial charge in [-0.05, 0) is 95.8 Å². The van der Waals surface area contributed by atoms with Gasteiger partial charge in [0.25, 0.3) is 5.91 Å². The van der Waals surface area contributed by atoms with Gasteiger partial charge in [0, 0.05) is 27.4 Å². The second-order valence-electron chi connectivity index (χ2n) is 17.0. The summed E-state index contributed by atoms with van der Waals surface area (Å²) in [4.78, 5) is 62.3. The number of nitrogens with zero attached hydrogens (tertiary/aromatic N) is 2. The zero-order chi connectivity index (χ0) is 42.8. The normalized spacial score (nSPS) is 28.8. The van der Waals surface area contributed by atoms with Crippen LogP contribution in [-0.2, 0) is 29.1 Å². The largest absolute Gasteiger partial charge is 0.494 e. The number of carbonyl (C=O) groups is 4. The number of hydrogen-bond acceptors (Lipinski definition) is 10. The van der Waals surface area contributed by atoms with Crippen LogP contribution in [0.2, 0.25) is 0 Å². The van der Waals surface area contributed by atoms with Gasteiger partial charge in [0.1, 0.15) is 40.9 Å². The molecule has 14 nitrogen and oxygen atoms in total. The summed E-state index contributed by atoms with van der Waals surface area (Å²) in [6.45, 7) is 14.7. The highest BCUT2D eigenvalue weighted by atomic mass is 32.2. The highest BCUT2D eigenvalue weighted by Gasteiger charge is 2.63. The third kappa shape index (κ3) is 9.52. The van der Waals surface area contributed by atoms with E-state index in [0.717, 1.165) is 6.42 Å². The third-order valence-corrected chi connectivity index (χ3v) is 13.9. The summed E-state index contributed by atoms with van der Waals surface area (Å²) in [6.07, 6.45) is 6.93. The molecule has 4 aliphatic rings. The minimum absolute atomic E-state index is 0. The van der Waals surface area contributed by atoms with E-state index in [1.54, 1.807) is 27.7 Å². The maximum absolute atomic E-state index is 14.8. The van der Waals surface area contributed by atoms with E-state index in [9.17, 15) is 32.0 Å². The van der Waals surface area contributed by atoms with Crippen LogP contribution >= 0.6 is 0 Å². The number of aromatic nitrogens is 1. The van der Waals surface area contributed by atoms with Crippen LogP contribution in [0.15, 0.2) is 36.5 Å². The molecule has 326 valence electrons. The zero-order valence-corrected chi connectivity index (χ0v) is 36.0. The summed E-state index contributed by atoms with van der Waals surface area (Å²) in [5.41, 5.74) is -2.41. The number of nitrogens with one attached hydrogen (secondary N) is 3. The van der Waals surface area contributed by atoms with Gasteiger partial charge in [-0.3, -0.25) is 19.1 Å². The molecule has 2 aliphatic carbocycles. The standard InChI is InChI=1S/C40H54FN5O9S.C2H6.3H2/c1-8-39(15-16-39)56(51,52)45-36(49)40-20-25(40)12-10-9-11-23(2)17-24(3)32(43-37(50)55-38(4,5)6)35(48)46-22-27(19-30(46)33(47)44-40)54-34-28-14-13-26(41)18-29(28)31(53-7)21-42-34;1-2;;;/h10,12-14,18,21,23-25,27,30,32H,8-9,11,15-17,19-20,22H2,1-7H3,(H,43,50)(H,44,47)(H,45,49);1-2H3;3*1H/b12-10-;;;;/t23-,24-,25-,27-,30+,32+,40-;;;;/m1..../s1. The minimum atomic E-state index is -4.03. The van der Waals surface area contributed by atoms with Crippen molar-refractivity contribution in [3.8, 4) is 11.6 Å².